The van der Waals surface area contributed by atoms with Crippen LogP contribution in [0.4, 0.5) is 0 Å². The maximum Gasteiger partial charge on any atom is 0.249 e. The molecule has 7 heteroatoms. The second-order valence-electron chi connectivity index (χ2n) is 5.22. The largest absolute Gasteiger partial charge is 0.493 e. The molecular weight excluding hydrogens is 356 g/mol. The summed E-state index contributed by atoms with van der Waals surface area (Å²) in [5, 5.41) is 8.60. The molecule has 1 heterocycles. The van der Waals surface area contributed by atoms with E-state index in [-0.39, 0.29) is 0 Å². The van der Waals surface area contributed by atoms with E-state index in [4.69, 9.17) is 30.2 Å². The molecule has 0 saturated carbocycles. The lowest BCUT2D eigenvalue weighted by Crippen LogP contribution is -1.95. The van der Waals surface area contributed by atoms with Gasteiger partial charge in [-0.25, -0.2) is 0 Å². The zero-order valence-electron chi connectivity index (χ0n) is 14.5. The number of aromatic nitrogens is 2. The molecule has 0 aliphatic carbocycles. The van der Waals surface area contributed by atoms with Crippen LogP contribution in [-0.2, 0) is 0 Å². The molecule has 0 fully saturated rings. The van der Waals surface area contributed by atoms with Gasteiger partial charge in [-0.1, -0.05) is 23.7 Å². The first-order chi connectivity index (χ1) is 12.7. The fourth-order valence-electron chi connectivity index (χ4n) is 2.41. The van der Waals surface area contributed by atoms with Crippen LogP contribution in [-0.4, -0.2) is 31.5 Å². The summed E-state index contributed by atoms with van der Waals surface area (Å²) in [6.45, 7) is 0. The highest BCUT2D eigenvalue weighted by Crippen LogP contribution is 2.38. The molecule has 1 aromatic heterocycles. The molecular formula is C19H17ClN2O4. The lowest BCUT2D eigenvalue weighted by atomic mass is 10.1. The predicted octanol–water partition coefficient (Wildman–Crippen LogP) is 4.59. The first-order valence-corrected chi connectivity index (χ1v) is 8.10. The third-order valence-corrected chi connectivity index (χ3v) is 3.98. The second-order valence-corrected chi connectivity index (χ2v) is 5.62. The SMILES string of the molecule is COc1cc(/C=C/c2nnc(-c3ccccc3Cl)o2)cc(OC)c1OC. The molecule has 2 aromatic carbocycles. The minimum atomic E-state index is 0.355. The van der Waals surface area contributed by atoms with Gasteiger partial charge in [-0.15, -0.1) is 10.2 Å². The summed E-state index contributed by atoms with van der Waals surface area (Å²) >= 11 is 6.15. The van der Waals surface area contributed by atoms with Gasteiger partial charge in [0.1, 0.15) is 0 Å². The minimum absolute atomic E-state index is 0.355. The van der Waals surface area contributed by atoms with Crippen molar-refractivity contribution in [2.45, 2.75) is 0 Å². The quantitative estimate of drug-likeness (QED) is 0.630. The van der Waals surface area contributed by atoms with Gasteiger partial charge in [-0.05, 0) is 35.9 Å². The molecule has 3 rings (SSSR count). The Morgan fingerprint density at radius 2 is 1.62 bits per heavy atom. The summed E-state index contributed by atoms with van der Waals surface area (Å²) < 4.78 is 21.6. The van der Waals surface area contributed by atoms with Crippen LogP contribution in [0.25, 0.3) is 23.6 Å². The van der Waals surface area contributed by atoms with Gasteiger partial charge >= 0.3 is 0 Å². The van der Waals surface area contributed by atoms with Crippen molar-refractivity contribution in [3.8, 4) is 28.7 Å². The molecule has 0 spiro atoms. The normalized spacial score (nSPS) is 10.9. The van der Waals surface area contributed by atoms with Crippen LogP contribution in [0.1, 0.15) is 11.5 Å². The number of hydrogen-bond donors (Lipinski definition) is 0. The molecule has 0 radical (unpaired) electrons. The highest BCUT2D eigenvalue weighted by Gasteiger charge is 2.13. The molecule has 0 N–H and O–H groups in total. The van der Waals surface area contributed by atoms with E-state index in [1.807, 2.05) is 36.4 Å². The van der Waals surface area contributed by atoms with Gasteiger partial charge < -0.3 is 18.6 Å². The highest BCUT2D eigenvalue weighted by molar-refractivity contribution is 6.33. The number of hydrogen-bond acceptors (Lipinski definition) is 6. The Hall–Kier alpha value is -2.99. The van der Waals surface area contributed by atoms with Crippen LogP contribution in [0.5, 0.6) is 17.2 Å². The monoisotopic (exact) mass is 372 g/mol. The number of nitrogens with zero attached hydrogens (tertiary/aromatic N) is 2. The highest BCUT2D eigenvalue weighted by atomic mass is 35.5. The van der Waals surface area contributed by atoms with Gasteiger partial charge in [-0.3, -0.25) is 0 Å². The topological polar surface area (TPSA) is 66.6 Å². The first-order valence-electron chi connectivity index (χ1n) is 7.72. The second kappa shape index (κ2) is 7.93. The number of ether oxygens (including phenoxy) is 3. The maximum atomic E-state index is 6.15. The number of benzene rings is 2. The van der Waals surface area contributed by atoms with Gasteiger partial charge in [0.15, 0.2) is 11.5 Å². The van der Waals surface area contributed by atoms with E-state index >= 15 is 0 Å². The van der Waals surface area contributed by atoms with Crippen molar-refractivity contribution in [3.63, 3.8) is 0 Å². The lowest BCUT2D eigenvalue weighted by molar-refractivity contribution is 0.324. The molecule has 134 valence electrons. The average molecular weight is 373 g/mol. The van der Waals surface area contributed by atoms with Crippen molar-refractivity contribution in [2.24, 2.45) is 0 Å². The summed E-state index contributed by atoms with van der Waals surface area (Å²) in [5.74, 6) is 2.38. The van der Waals surface area contributed by atoms with Gasteiger partial charge in [-0.2, -0.15) is 0 Å². The van der Waals surface area contributed by atoms with Crippen molar-refractivity contribution in [2.75, 3.05) is 21.3 Å². The Labute approximate surface area is 156 Å². The molecule has 6 nitrogen and oxygen atoms in total. The van der Waals surface area contributed by atoms with E-state index in [0.717, 1.165) is 5.56 Å². The molecule has 0 aliphatic rings. The van der Waals surface area contributed by atoms with E-state index in [2.05, 4.69) is 10.2 Å². The maximum absolute atomic E-state index is 6.15. The van der Waals surface area contributed by atoms with Crippen LogP contribution < -0.4 is 14.2 Å². The zero-order valence-corrected chi connectivity index (χ0v) is 15.3. The smallest absolute Gasteiger partial charge is 0.249 e. The molecule has 0 bridgehead atoms. The van der Waals surface area contributed by atoms with E-state index in [9.17, 15) is 0 Å². The van der Waals surface area contributed by atoms with Crippen LogP contribution in [0.15, 0.2) is 40.8 Å². The van der Waals surface area contributed by atoms with Crippen LogP contribution in [0.2, 0.25) is 5.02 Å². The van der Waals surface area contributed by atoms with Gasteiger partial charge in [0.2, 0.25) is 17.5 Å². The van der Waals surface area contributed by atoms with Gasteiger partial charge in [0.05, 0.1) is 31.9 Å². The zero-order chi connectivity index (χ0) is 18.5. The van der Waals surface area contributed by atoms with Crippen LogP contribution in [0.3, 0.4) is 0 Å². The summed E-state index contributed by atoms with van der Waals surface area (Å²) in [6, 6.07) is 10.9. The van der Waals surface area contributed by atoms with Crippen molar-refractivity contribution in [1.29, 1.82) is 0 Å². The number of rotatable bonds is 6. The molecule has 0 atom stereocenters. The molecule has 26 heavy (non-hydrogen) atoms. The van der Waals surface area contributed by atoms with Crippen molar-refractivity contribution >= 4 is 23.8 Å². The molecule has 0 aliphatic heterocycles. The fourth-order valence-corrected chi connectivity index (χ4v) is 2.63. The number of methoxy groups -OCH3 is 3. The Bertz CT molecular complexity index is 912. The van der Waals surface area contributed by atoms with Gasteiger partial charge in [0, 0.05) is 6.08 Å². The first kappa shape index (κ1) is 17.8. The summed E-state index contributed by atoms with van der Waals surface area (Å²) in [7, 11) is 4.70. The standard InChI is InChI=1S/C19H17ClN2O4/c1-23-15-10-12(11-16(24-2)18(15)25-3)8-9-17-21-22-19(26-17)13-6-4-5-7-14(13)20/h4-11H,1-3H3/b9-8+. The van der Waals surface area contributed by atoms with E-state index < -0.39 is 0 Å². The minimum Gasteiger partial charge on any atom is -0.493 e. The van der Waals surface area contributed by atoms with Crippen molar-refractivity contribution < 1.29 is 18.6 Å². The van der Waals surface area contributed by atoms with Crippen molar-refractivity contribution in [1.82, 2.24) is 10.2 Å². The Kier molecular flexibility index (Phi) is 5.43. The van der Waals surface area contributed by atoms with E-state index in [1.165, 1.54) is 0 Å². The van der Waals surface area contributed by atoms with Gasteiger partial charge in [0.25, 0.3) is 0 Å². The third kappa shape index (κ3) is 3.65. The fraction of sp³-hybridized carbons (Fsp3) is 0.158. The van der Waals surface area contributed by atoms with E-state index in [1.54, 1.807) is 33.5 Å². The summed E-state index contributed by atoms with van der Waals surface area (Å²) in [6.07, 6.45) is 3.52. The van der Waals surface area contributed by atoms with Crippen molar-refractivity contribution in [3.05, 3.63) is 52.9 Å². The summed E-state index contributed by atoms with van der Waals surface area (Å²) in [5.41, 5.74) is 1.52. The molecule has 0 saturated heterocycles. The van der Waals surface area contributed by atoms with Crippen LogP contribution >= 0.6 is 11.6 Å². The Morgan fingerprint density at radius 1 is 0.923 bits per heavy atom. The number of halogens is 1. The van der Waals surface area contributed by atoms with Crippen LogP contribution in [0, 0.1) is 0 Å². The average Bonchev–Trinajstić information content (AvgIpc) is 3.14. The lowest BCUT2D eigenvalue weighted by Gasteiger charge is -2.12. The predicted molar refractivity (Wildman–Crippen MR) is 99.8 cm³/mol. The third-order valence-electron chi connectivity index (χ3n) is 3.65. The Balaban J connectivity index is 1.88. The molecule has 3 aromatic rings. The molecule has 0 unspecified atom stereocenters. The van der Waals surface area contributed by atoms with E-state index in [0.29, 0.717) is 39.6 Å². The Morgan fingerprint density at radius 3 is 2.23 bits per heavy atom. The summed E-state index contributed by atoms with van der Waals surface area (Å²) in [4.78, 5) is 0. The molecule has 0 amide bonds.